The van der Waals surface area contributed by atoms with E-state index in [1.54, 1.807) is 7.11 Å². The summed E-state index contributed by atoms with van der Waals surface area (Å²) in [6, 6.07) is 0. The third kappa shape index (κ3) is 6.36. The van der Waals surface area contributed by atoms with Crippen LogP contribution in [0.15, 0.2) is 0 Å². The second-order valence-electron chi connectivity index (χ2n) is 4.65. The van der Waals surface area contributed by atoms with Crippen molar-refractivity contribution in [1.82, 2.24) is 0 Å². The molecule has 0 bridgehead atoms. The van der Waals surface area contributed by atoms with Crippen LogP contribution >= 0.6 is 0 Å². The smallest absolute Gasteiger partial charge is 0.0700 e. The van der Waals surface area contributed by atoms with Gasteiger partial charge >= 0.3 is 0 Å². The van der Waals surface area contributed by atoms with E-state index in [0.717, 1.165) is 26.2 Å². The van der Waals surface area contributed by atoms with Crippen LogP contribution in [-0.4, -0.2) is 46.2 Å². The van der Waals surface area contributed by atoms with Gasteiger partial charge in [0.15, 0.2) is 0 Å². The molecule has 17 heavy (non-hydrogen) atoms. The quantitative estimate of drug-likeness (QED) is 0.627. The highest BCUT2D eigenvalue weighted by Gasteiger charge is 2.24. The molecule has 0 saturated heterocycles. The Morgan fingerprint density at radius 1 is 1.06 bits per heavy atom. The summed E-state index contributed by atoms with van der Waals surface area (Å²) in [5.41, 5.74) is 5.76. The highest BCUT2D eigenvalue weighted by molar-refractivity contribution is 4.76. The van der Waals surface area contributed by atoms with Crippen molar-refractivity contribution in [2.75, 3.05) is 40.1 Å². The van der Waals surface area contributed by atoms with E-state index >= 15 is 0 Å². The van der Waals surface area contributed by atoms with E-state index < -0.39 is 0 Å². The molecule has 0 aromatic rings. The molecule has 1 saturated carbocycles. The van der Waals surface area contributed by atoms with E-state index in [-0.39, 0.29) is 0 Å². The molecule has 0 radical (unpaired) electrons. The molecule has 2 unspecified atom stereocenters. The molecule has 1 fully saturated rings. The van der Waals surface area contributed by atoms with Crippen LogP contribution in [0.25, 0.3) is 0 Å². The number of hydrogen-bond acceptors (Lipinski definition) is 4. The Bertz CT molecular complexity index is 178. The first-order chi connectivity index (χ1) is 8.38. The normalized spacial score (nSPS) is 25.1. The molecule has 0 aromatic heterocycles. The number of hydrogen-bond donors (Lipinski definition) is 1. The molecule has 1 aliphatic carbocycles. The number of ether oxygens (including phenoxy) is 3. The second-order valence-corrected chi connectivity index (χ2v) is 4.65. The lowest BCUT2D eigenvalue weighted by Gasteiger charge is -2.30. The van der Waals surface area contributed by atoms with Crippen molar-refractivity contribution in [3.63, 3.8) is 0 Å². The summed E-state index contributed by atoms with van der Waals surface area (Å²) in [5.74, 6) is 0.568. The Balaban J connectivity index is 1.97. The molecule has 2 atom stereocenters. The van der Waals surface area contributed by atoms with Gasteiger partial charge in [-0.25, -0.2) is 0 Å². The monoisotopic (exact) mass is 245 g/mol. The topological polar surface area (TPSA) is 53.7 Å². The van der Waals surface area contributed by atoms with Crippen molar-refractivity contribution < 1.29 is 14.2 Å². The van der Waals surface area contributed by atoms with Crippen LogP contribution in [0.3, 0.4) is 0 Å². The van der Waals surface area contributed by atoms with Crippen molar-refractivity contribution in [1.29, 1.82) is 0 Å². The van der Waals surface area contributed by atoms with Crippen molar-refractivity contribution >= 4 is 0 Å². The summed E-state index contributed by atoms with van der Waals surface area (Å²) < 4.78 is 16.2. The predicted octanol–water partition coefficient (Wildman–Crippen LogP) is 1.57. The minimum Gasteiger partial charge on any atom is -0.382 e. The van der Waals surface area contributed by atoms with E-state index in [9.17, 15) is 0 Å². The molecular weight excluding hydrogens is 218 g/mol. The maximum absolute atomic E-state index is 5.90. The Morgan fingerprint density at radius 2 is 1.88 bits per heavy atom. The van der Waals surface area contributed by atoms with Gasteiger partial charge in [-0.1, -0.05) is 12.8 Å². The van der Waals surface area contributed by atoms with Crippen LogP contribution in [0.1, 0.15) is 32.1 Å². The fraction of sp³-hybridized carbons (Fsp3) is 1.00. The summed E-state index contributed by atoms with van der Waals surface area (Å²) in [4.78, 5) is 0. The lowest BCUT2D eigenvalue weighted by atomic mass is 9.86. The summed E-state index contributed by atoms with van der Waals surface area (Å²) >= 11 is 0. The fourth-order valence-corrected chi connectivity index (χ4v) is 2.30. The molecule has 4 nitrogen and oxygen atoms in total. The van der Waals surface area contributed by atoms with Crippen LogP contribution in [-0.2, 0) is 14.2 Å². The van der Waals surface area contributed by atoms with Crippen LogP contribution in [0.4, 0.5) is 0 Å². The van der Waals surface area contributed by atoms with Gasteiger partial charge in [-0.3, -0.25) is 0 Å². The van der Waals surface area contributed by atoms with E-state index in [1.165, 1.54) is 25.7 Å². The van der Waals surface area contributed by atoms with Crippen LogP contribution < -0.4 is 5.73 Å². The van der Waals surface area contributed by atoms with Gasteiger partial charge in [-0.2, -0.15) is 0 Å². The average Bonchev–Trinajstić information content (AvgIpc) is 2.38. The average molecular weight is 245 g/mol. The van der Waals surface area contributed by atoms with Crippen LogP contribution in [0.2, 0.25) is 0 Å². The van der Waals surface area contributed by atoms with Gasteiger partial charge in [0, 0.05) is 20.3 Å². The van der Waals surface area contributed by atoms with E-state index in [4.69, 9.17) is 19.9 Å². The van der Waals surface area contributed by atoms with Gasteiger partial charge in [-0.05, 0) is 31.7 Å². The van der Waals surface area contributed by atoms with E-state index in [0.29, 0.717) is 25.2 Å². The third-order valence-electron chi connectivity index (χ3n) is 3.34. The molecule has 2 N–H and O–H groups in total. The van der Waals surface area contributed by atoms with Crippen molar-refractivity contribution in [3.05, 3.63) is 0 Å². The molecule has 102 valence electrons. The molecule has 1 rings (SSSR count). The minimum atomic E-state index is 0.382. The number of methoxy groups -OCH3 is 1. The fourth-order valence-electron chi connectivity index (χ4n) is 2.30. The maximum atomic E-state index is 5.90. The standard InChI is InChI=1S/C13H27NO3/c1-15-9-10-16-7-4-8-17-13-6-3-2-5-12(13)11-14/h12-13H,2-11,14H2,1H3. The third-order valence-corrected chi connectivity index (χ3v) is 3.34. The largest absolute Gasteiger partial charge is 0.382 e. The Kier molecular flexibility index (Phi) is 8.61. The zero-order valence-electron chi connectivity index (χ0n) is 11.0. The molecule has 1 aliphatic rings. The molecule has 0 heterocycles. The molecule has 0 aliphatic heterocycles. The van der Waals surface area contributed by atoms with Gasteiger partial charge in [0.2, 0.25) is 0 Å². The highest BCUT2D eigenvalue weighted by Crippen LogP contribution is 2.26. The predicted molar refractivity (Wildman–Crippen MR) is 68.1 cm³/mol. The van der Waals surface area contributed by atoms with E-state index in [2.05, 4.69) is 0 Å². The second kappa shape index (κ2) is 9.83. The minimum absolute atomic E-state index is 0.382. The van der Waals surface area contributed by atoms with Crippen LogP contribution in [0, 0.1) is 5.92 Å². The van der Waals surface area contributed by atoms with Crippen LogP contribution in [0.5, 0.6) is 0 Å². The molecular formula is C13H27NO3. The summed E-state index contributed by atoms with van der Waals surface area (Å²) in [7, 11) is 1.68. The summed E-state index contributed by atoms with van der Waals surface area (Å²) in [6.45, 7) is 3.64. The Labute approximate surface area is 105 Å². The Morgan fingerprint density at radius 3 is 2.65 bits per heavy atom. The molecule has 0 amide bonds. The lowest BCUT2D eigenvalue weighted by molar-refractivity contribution is -0.0194. The molecule has 0 aromatic carbocycles. The summed E-state index contributed by atoms with van der Waals surface area (Å²) in [5, 5.41) is 0. The Hall–Kier alpha value is -0.160. The zero-order chi connectivity index (χ0) is 12.3. The zero-order valence-corrected chi connectivity index (χ0v) is 11.0. The van der Waals surface area contributed by atoms with Crippen molar-refractivity contribution in [2.24, 2.45) is 11.7 Å². The first-order valence-electron chi connectivity index (χ1n) is 6.76. The van der Waals surface area contributed by atoms with Gasteiger partial charge in [-0.15, -0.1) is 0 Å². The van der Waals surface area contributed by atoms with Gasteiger partial charge < -0.3 is 19.9 Å². The van der Waals surface area contributed by atoms with Crippen molar-refractivity contribution in [3.8, 4) is 0 Å². The first kappa shape index (κ1) is 14.9. The number of rotatable bonds is 9. The highest BCUT2D eigenvalue weighted by atomic mass is 16.5. The van der Waals surface area contributed by atoms with Gasteiger partial charge in [0.05, 0.1) is 19.3 Å². The SMILES string of the molecule is COCCOCCCOC1CCCCC1CN. The van der Waals surface area contributed by atoms with E-state index in [1.807, 2.05) is 0 Å². The first-order valence-corrected chi connectivity index (χ1v) is 6.76. The summed E-state index contributed by atoms with van der Waals surface area (Å²) in [6.07, 6.45) is 6.33. The number of nitrogens with two attached hydrogens (primary N) is 1. The van der Waals surface area contributed by atoms with Gasteiger partial charge in [0.1, 0.15) is 0 Å². The lowest BCUT2D eigenvalue weighted by Crippen LogP contribution is -2.33. The molecule has 4 heteroatoms. The van der Waals surface area contributed by atoms with Crippen molar-refractivity contribution in [2.45, 2.75) is 38.2 Å². The molecule has 0 spiro atoms. The van der Waals surface area contributed by atoms with Gasteiger partial charge in [0.25, 0.3) is 0 Å². The maximum Gasteiger partial charge on any atom is 0.0700 e.